The molecular weight excluding hydrogens is 486 g/mol. The van der Waals surface area contributed by atoms with Crippen LogP contribution in [0, 0.1) is 46.3 Å². The predicted molar refractivity (Wildman–Crippen MR) is 135 cm³/mol. The molecule has 1 spiro atoms. The van der Waals surface area contributed by atoms with E-state index in [1.807, 2.05) is 18.7 Å². The molecule has 11 atom stereocenters. The molecule has 8 heteroatoms. The molecule has 1 saturated carbocycles. The number of hydrogen-bond donors (Lipinski definition) is 0. The molecule has 206 valence electrons. The van der Waals surface area contributed by atoms with E-state index in [0.29, 0.717) is 31.7 Å². The average Bonchev–Trinajstić information content (AvgIpc) is 3.37. The number of esters is 1. The van der Waals surface area contributed by atoms with Gasteiger partial charge in [-0.05, 0) is 56.9 Å². The minimum atomic E-state index is -1.19. The van der Waals surface area contributed by atoms with E-state index in [-0.39, 0.29) is 35.9 Å². The number of piperidine rings is 1. The van der Waals surface area contributed by atoms with Crippen molar-refractivity contribution in [2.75, 3.05) is 6.54 Å². The van der Waals surface area contributed by atoms with Crippen LogP contribution >= 0.6 is 0 Å². The van der Waals surface area contributed by atoms with Gasteiger partial charge in [0.15, 0.2) is 5.78 Å². The Kier molecular flexibility index (Phi) is 5.67. The molecular formula is C30H39NO7. The Hall–Kier alpha value is -2.35. The molecule has 5 fully saturated rings. The number of amides is 1. The van der Waals surface area contributed by atoms with Crippen LogP contribution in [0.4, 0.5) is 0 Å². The van der Waals surface area contributed by atoms with E-state index >= 15 is 0 Å². The number of fused-ring (bicyclic) bond motifs is 2. The molecule has 8 nitrogen and oxygen atoms in total. The normalized spacial score (nSPS) is 50.3. The van der Waals surface area contributed by atoms with Gasteiger partial charge in [0, 0.05) is 29.7 Å². The van der Waals surface area contributed by atoms with Gasteiger partial charge in [-0.3, -0.25) is 19.2 Å². The lowest BCUT2D eigenvalue weighted by molar-refractivity contribution is -0.200. The first kappa shape index (κ1) is 25.9. The lowest BCUT2D eigenvalue weighted by atomic mass is 9.48. The number of ketones is 2. The second kappa shape index (κ2) is 8.33. The van der Waals surface area contributed by atoms with Crippen LogP contribution in [-0.2, 0) is 33.4 Å². The standard InChI is InChI=1S/C30H39NO7/c1-15-9-19-23(21(33)10-15)17(3)25(35)24(29(19,5)14-32)26-20(11-22(34)37-26)28(4)6-7-30-12-16(2)8-18(38-30)13-31(30)27(28)36/h10,14,16-20,23-24,26H,6-9,11-13H2,1-5H3/t16-,17-,18+,19-,20-,23+,24-,26?,28-,29+,30-/m1/s1. The summed E-state index contributed by atoms with van der Waals surface area (Å²) in [5.74, 6) is -3.30. The molecule has 0 N–H and O–H groups in total. The van der Waals surface area contributed by atoms with Gasteiger partial charge in [0.05, 0.1) is 23.9 Å². The van der Waals surface area contributed by atoms with E-state index in [1.54, 1.807) is 19.9 Å². The zero-order valence-corrected chi connectivity index (χ0v) is 23.0. The number of cyclic esters (lactones) is 1. The van der Waals surface area contributed by atoms with E-state index < -0.39 is 52.3 Å². The fourth-order valence-corrected chi connectivity index (χ4v) is 9.33. The summed E-state index contributed by atoms with van der Waals surface area (Å²) in [5, 5.41) is 0. The monoisotopic (exact) mass is 525 g/mol. The van der Waals surface area contributed by atoms with E-state index in [2.05, 4.69) is 6.92 Å². The number of allylic oxidation sites excluding steroid dienone is 2. The first-order chi connectivity index (χ1) is 17.8. The van der Waals surface area contributed by atoms with Gasteiger partial charge in [0.1, 0.15) is 23.9 Å². The van der Waals surface area contributed by atoms with Crippen LogP contribution in [0.5, 0.6) is 0 Å². The Bertz CT molecular complexity index is 1160. The summed E-state index contributed by atoms with van der Waals surface area (Å²) in [5.41, 5.74) is -1.80. The molecule has 0 radical (unpaired) electrons. The van der Waals surface area contributed by atoms with Crippen molar-refractivity contribution >= 4 is 29.7 Å². The maximum Gasteiger partial charge on any atom is 0.306 e. The third-order valence-corrected chi connectivity index (χ3v) is 11.3. The quantitative estimate of drug-likeness (QED) is 0.411. The molecule has 4 aliphatic heterocycles. The van der Waals surface area contributed by atoms with E-state index in [4.69, 9.17) is 9.47 Å². The third kappa shape index (κ3) is 3.34. The minimum Gasteiger partial charge on any atom is -0.461 e. The number of carbonyl (C=O) groups is 5. The zero-order chi connectivity index (χ0) is 27.4. The van der Waals surface area contributed by atoms with Crippen molar-refractivity contribution in [2.45, 2.75) is 91.1 Å². The number of ether oxygens (including phenoxy) is 2. The fraction of sp³-hybridized carbons (Fsp3) is 0.767. The minimum absolute atomic E-state index is 0.0264. The van der Waals surface area contributed by atoms with Gasteiger partial charge in [0.25, 0.3) is 0 Å². The Balaban J connectivity index is 1.38. The molecule has 2 bridgehead atoms. The molecule has 1 amide bonds. The fourth-order valence-electron chi connectivity index (χ4n) is 9.33. The second-order valence-electron chi connectivity index (χ2n) is 13.7. The van der Waals surface area contributed by atoms with E-state index in [1.165, 1.54) is 0 Å². The van der Waals surface area contributed by atoms with Crippen LogP contribution in [0.3, 0.4) is 0 Å². The number of aldehydes is 1. The number of rotatable bonds is 3. The van der Waals surface area contributed by atoms with Crippen LogP contribution in [-0.4, -0.2) is 59.1 Å². The summed E-state index contributed by atoms with van der Waals surface area (Å²) in [7, 11) is 0. The van der Waals surface area contributed by atoms with Crippen molar-refractivity contribution in [1.82, 2.24) is 4.90 Å². The van der Waals surface area contributed by atoms with Crippen molar-refractivity contribution in [1.29, 1.82) is 0 Å². The third-order valence-electron chi connectivity index (χ3n) is 11.3. The number of carbonyl (C=O) groups excluding carboxylic acids is 5. The Morgan fingerprint density at radius 2 is 1.79 bits per heavy atom. The van der Waals surface area contributed by atoms with Crippen molar-refractivity contribution in [2.24, 2.45) is 46.3 Å². The summed E-state index contributed by atoms with van der Waals surface area (Å²) in [6.45, 7) is 10.0. The summed E-state index contributed by atoms with van der Waals surface area (Å²) < 4.78 is 12.3. The van der Waals surface area contributed by atoms with Crippen LogP contribution in [0.15, 0.2) is 11.6 Å². The summed E-state index contributed by atoms with van der Waals surface area (Å²) >= 11 is 0. The number of nitrogens with zero attached hydrogens (tertiary/aromatic N) is 1. The second-order valence-corrected chi connectivity index (χ2v) is 13.7. The van der Waals surface area contributed by atoms with Gasteiger partial charge in [0.2, 0.25) is 5.91 Å². The van der Waals surface area contributed by atoms with Crippen LogP contribution < -0.4 is 0 Å². The Labute approximate surface area is 223 Å². The summed E-state index contributed by atoms with van der Waals surface area (Å²) in [6.07, 6.45) is 5.06. The first-order valence-electron chi connectivity index (χ1n) is 14.2. The SMILES string of the molecule is CC1=CC(=O)[C@@H]2[C@@H](C1)[C@](C)(C=O)[C@@H](C1OC(=O)C[C@H]1[C@@]1(C)CC[C@@]34C[C@H](C)C[C@@H](CN3C1=O)O4)C(=O)[C@@H]2C. The van der Waals surface area contributed by atoms with Gasteiger partial charge in [-0.2, -0.15) is 0 Å². The Morgan fingerprint density at radius 3 is 2.50 bits per heavy atom. The molecule has 38 heavy (non-hydrogen) atoms. The molecule has 0 aromatic rings. The highest BCUT2D eigenvalue weighted by Crippen LogP contribution is 2.59. The van der Waals surface area contributed by atoms with Crippen LogP contribution in [0.1, 0.15) is 73.1 Å². The molecule has 2 aliphatic carbocycles. The zero-order valence-electron chi connectivity index (χ0n) is 23.0. The van der Waals surface area contributed by atoms with E-state index in [9.17, 15) is 24.0 Å². The summed E-state index contributed by atoms with van der Waals surface area (Å²) in [4.78, 5) is 68.9. The van der Waals surface area contributed by atoms with Crippen molar-refractivity contribution < 1.29 is 33.4 Å². The average molecular weight is 526 g/mol. The lowest BCUT2D eigenvalue weighted by Gasteiger charge is -2.55. The predicted octanol–water partition coefficient (Wildman–Crippen LogP) is 3.26. The number of hydrogen-bond acceptors (Lipinski definition) is 7. The first-order valence-corrected chi connectivity index (χ1v) is 14.2. The molecule has 1 unspecified atom stereocenters. The number of Topliss-reactive ketones (excluding diaryl/α,β-unsaturated/α-hetero) is 1. The van der Waals surface area contributed by atoms with Gasteiger partial charge < -0.3 is 19.2 Å². The maximum atomic E-state index is 14.3. The lowest BCUT2D eigenvalue weighted by Crippen LogP contribution is -2.64. The largest absolute Gasteiger partial charge is 0.461 e. The van der Waals surface area contributed by atoms with E-state index in [0.717, 1.165) is 24.7 Å². The highest BCUT2D eigenvalue weighted by Gasteiger charge is 2.68. The highest BCUT2D eigenvalue weighted by atomic mass is 16.6. The van der Waals surface area contributed by atoms with Gasteiger partial charge in [-0.25, -0.2) is 0 Å². The molecule has 4 saturated heterocycles. The molecule has 0 aromatic heterocycles. The van der Waals surface area contributed by atoms with Crippen LogP contribution in [0.2, 0.25) is 0 Å². The molecule has 6 rings (SSSR count). The molecule has 4 heterocycles. The highest BCUT2D eigenvalue weighted by molar-refractivity contribution is 6.01. The Morgan fingerprint density at radius 1 is 1.05 bits per heavy atom. The van der Waals surface area contributed by atoms with Gasteiger partial charge >= 0.3 is 5.97 Å². The van der Waals surface area contributed by atoms with Crippen molar-refractivity contribution in [3.05, 3.63) is 11.6 Å². The van der Waals surface area contributed by atoms with Gasteiger partial charge in [-0.15, -0.1) is 0 Å². The topological polar surface area (TPSA) is 107 Å². The smallest absolute Gasteiger partial charge is 0.306 e. The summed E-state index contributed by atoms with van der Waals surface area (Å²) in [6, 6.07) is 0. The molecule has 6 aliphatic rings. The van der Waals surface area contributed by atoms with Crippen LogP contribution in [0.25, 0.3) is 0 Å². The van der Waals surface area contributed by atoms with Crippen molar-refractivity contribution in [3.63, 3.8) is 0 Å². The maximum absolute atomic E-state index is 14.3. The van der Waals surface area contributed by atoms with Gasteiger partial charge in [-0.1, -0.05) is 33.3 Å². The molecule has 0 aromatic carbocycles. The van der Waals surface area contributed by atoms with Crippen molar-refractivity contribution in [3.8, 4) is 0 Å².